The Morgan fingerprint density at radius 2 is 1.88 bits per heavy atom. The number of hydrogen-bond donors (Lipinski definition) is 2. The lowest BCUT2D eigenvalue weighted by Gasteiger charge is -2.07. The molecule has 124 valence electrons. The molecule has 4 rings (SSSR count). The second kappa shape index (κ2) is 6.40. The zero-order chi connectivity index (χ0) is 17.2. The van der Waals surface area contributed by atoms with E-state index in [9.17, 15) is 9.90 Å². The molecule has 0 unspecified atom stereocenters. The van der Waals surface area contributed by atoms with Gasteiger partial charge in [0.2, 0.25) is 0 Å². The lowest BCUT2D eigenvalue weighted by molar-refractivity contribution is 0.0954. The van der Waals surface area contributed by atoms with Gasteiger partial charge in [0.05, 0.1) is 11.8 Å². The van der Waals surface area contributed by atoms with E-state index < -0.39 is 5.91 Å². The minimum atomic E-state index is -0.424. The van der Waals surface area contributed by atoms with Crippen LogP contribution in [0.25, 0.3) is 10.8 Å². The number of carbonyl (C=O) groups excluding carboxylic acids is 1. The summed E-state index contributed by atoms with van der Waals surface area (Å²) in [5.41, 5.74) is 6.49. The fourth-order valence-corrected chi connectivity index (χ4v) is 3.39. The van der Waals surface area contributed by atoms with Crippen LogP contribution in [0.1, 0.15) is 33.5 Å². The van der Waals surface area contributed by atoms with Gasteiger partial charge in [0.1, 0.15) is 5.75 Å². The summed E-state index contributed by atoms with van der Waals surface area (Å²) >= 11 is 0. The van der Waals surface area contributed by atoms with Crippen molar-refractivity contribution >= 4 is 22.9 Å². The maximum atomic E-state index is 12.5. The van der Waals surface area contributed by atoms with Crippen LogP contribution in [0.3, 0.4) is 0 Å². The van der Waals surface area contributed by atoms with Gasteiger partial charge in [-0.2, -0.15) is 5.10 Å². The van der Waals surface area contributed by atoms with Crippen LogP contribution in [0.5, 0.6) is 5.75 Å². The number of carbonyl (C=O) groups is 1. The smallest absolute Gasteiger partial charge is 0.275 e. The zero-order valence-corrected chi connectivity index (χ0v) is 13.7. The summed E-state index contributed by atoms with van der Waals surface area (Å²) in [5, 5.41) is 15.7. The summed E-state index contributed by atoms with van der Waals surface area (Å²) < 4.78 is 0. The van der Waals surface area contributed by atoms with E-state index in [2.05, 4.69) is 22.7 Å². The van der Waals surface area contributed by atoms with Crippen molar-refractivity contribution in [2.24, 2.45) is 5.10 Å². The minimum absolute atomic E-state index is 0.0519. The lowest BCUT2D eigenvalue weighted by Crippen LogP contribution is -2.18. The van der Waals surface area contributed by atoms with Crippen LogP contribution >= 0.6 is 0 Å². The van der Waals surface area contributed by atoms with Crippen LogP contribution in [-0.4, -0.2) is 17.2 Å². The molecule has 0 spiro atoms. The summed E-state index contributed by atoms with van der Waals surface area (Å²) in [6.07, 6.45) is 5.09. The average molecular weight is 330 g/mol. The van der Waals surface area contributed by atoms with Crippen LogP contribution < -0.4 is 5.43 Å². The molecule has 0 bridgehead atoms. The van der Waals surface area contributed by atoms with Gasteiger partial charge in [-0.15, -0.1) is 0 Å². The zero-order valence-electron chi connectivity index (χ0n) is 13.7. The Bertz CT molecular complexity index is 992. The maximum absolute atomic E-state index is 12.5. The maximum Gasteiger partial charge on any atom is 0.275 e. The van der Waals surface area contributed by atoms with E-state index in [-0.39, 0.29) is 11.3 Å². The first kappa shape index (κ1) is 15.4. The van der Waals surface area contributed by atoms with Gasteiger partial charge >= 0.3 is 0 Å². The van der Waals surface area contributed by atoms with Gasteiger partial charge < -0.3 is 5.11 Å². The SMILES string of the molecule is O=C(NN=Cc1ccc2c(c1)CCC2)c1c(O)ccc2ccccc12. The molecular weight excluding hydrogens is 312 g/mol. The number of amides is 1. The van der Waals surface area contributed by atoms with E-state index >= 15 is 0 Å². The predicted octanol–water partition coefficient (Wildman–Crippen LogP) is 3.80. The van der Waals surface area contributed by atoms with E-state index in [0.29, 0.717) is 5.39 Å². The number of aryl methyl sites for hydroxylation is 2. The Balaban J connectivity index is 1.56. The molecule has 0 aromatic heterocycles. The van der Waals surface area contributed by atoms with Gasteiger partial charge in [-0.1, -0.05) is 42.5 Å². The van der Waals surface area contributed by atoms with Gasteiger partial charge in [-0.05, 0) is 58.9 Å². The summed E-state index contributed by atoms with van der Waals surface area (Å²) in [4.78, 5) is 12.5. The standard InChI is InChI=1S/C21H18N2O2/c24-19-11-10-16-4-1-2-7-18(16)20(19)21(25)23-22-13-14-8-9-15-5-3-6-17(15)12-14/h1-2,4,7-13,24H,3,5-6H2,(H,23,25). The predicted molar refractivity (Wildman–Crippen MR) is 99.1 cm³/mol. The van der Waals surface area contributed by atoms with Crippen molar-refractivity contribution in [3.8, 4) is 5.75 Å². The number of aromatic hydroxyl groups is 1. The lowest BCUT2D eigenvalue weighted by atomic mass is 10.0. The van der Waals surface area contributed by atoms with E-state index in [1.807, 2.05) is 30.3 Å². The number of nitrogens with zero attached hydrogens (tertiary/aromatic N) is 1. The Morgan fingerprint density at radius 1 is 1.04 bits per heavy atom. The molecule has 0 fully saturated rings. The number of phenols is 1. The number of hydrazone groups is 1. The molecule has 3 aromatic rings. The summed E-state index contributed by atoms with van der Waals surface area (Å²) in [6.45, 7) is 0. The number of phenolic OH excluding ortho intramolecular Hbond substituents is 1. The number of benzene rings is 3. The number of hydrogen-bond acceptors (Lipinski definition) is 3. The minimum Gasteiger partial charge on any atom is -0.507 e. The third kappa shape index (κ3) is 2.98. The molecule has 4 heteroatoms. The molecule has 0 radical (unpaired) electrons. The van der Waals surface area contributed by atoms with Gasteiger partial charge in [-0.25, -0.2) is 5.43 Å². The second-order valence-electron chi connectivity index (χ2n) is 6.26. The first-order chi connectivity index (χ1) is 12.2. The van der Waals surface area contributed by atoms with Crippen molar-refractivity contribution in [1.82, 2.24) is 5.43 Å². The molecule has 0 saturated carbocycles. The quantitative estimate of drug-likeness (QED) is 0.567. The summed E-state index contributed by atoms with van der Waals surface area (Å²) in [7, 11) is 0. The van der Waals surface area contributed by atoms with Gasteiger partial charge in [-0.3, -0.25) is 4.79 Å². The molecule has 1 amide bonds. The van der Waals surface area contributed by atoms with E-state index in [0.717, 1.165) is 23.8 Å². The summed E-state index contributed by atoms with van der Waals surface area (Å²) in [6, 6.07) is 17.0. The largest absolute Gasteiger partial charge is 0.507 e. The molecule has 1 aliphatic rings. The van der Waals surface area contributed by atoms with Crippen molar-refractivity contribution < 1.29 is 9.90 Å². The molecule has 25 heavy (non-hydrogen) atoms. The molecule has 2 N–H and O–H groups in total. The first-order valence-corrected chi connectivity index (χ1v) is 8.38. The third-order valence-electron chi connectivity index (χ3n) is 4.64. The molecule has 1 aliphatic carbocycles. The highest BCUT2D eigenvalue weighted by Gasteiger charge is 2.14. The van der Waals surface area contributed by atoms with Crippen molar-refractivity contribution in [2.45, 2.75) is 19.3 Å². The molecular formula is C21H18N2O2. The van der Waals surface area contributed by atoms with Crippen molar-refractivity contribution in [3.63, 3.8) is 0 Å². The molecule has 4 nitrogen and oxygen atoms in total. The van der Waals surface area contributed by atoms with Crippen LogP contribution in [-0.2, 0) is 12.8 Å². The average Bonchev–Trinajstić information content (AvgIpc) is 3.09. The molecule has 0 aliphatic heterocycles. The van der Waals surface area contributed by atoms with Crippen molar-refractivity contribution in [3.05, 3.63) is 76.9 Å². The van der Waals surface area contributed by atoms with Crippen LogP contribution in [0.2, 0.25) is 0 Å². The normalized spacial score (nSPS) is 13.3. The molecule has 0 saturated heterocycles. The Hall–Kier alpha value is -3.14. The van der Waals surface area contributed by atoms with Crippen LogP contribution in [0, 0.1) is 0 Å². The van der Waals surface area contributed by atoms with Crippen molar-refractivity contribution in [2.75, 3.05) is 0 Å². The van der Waals surface area contributed by atoms with E-state index in [1.165, 1.54) is 23.6 Å². The fraction of sp³-hybridized carbons (Fsp3) is 0.143. The highest BCUT2D eigenvalue weighted by molar-refractivity contribution is 6.09. The van der Waals surface area contributed by atoms with Gasteiger partial charge in [0.15, 0.2) is 0 Å². The Morgan fingerprint density at radius 3 is 2.80 bits per heavy atom. The van der Waals surface area contributed by atoms with E-state index in [1.54, 1.807) is 12.3 Å². The number of fused-ring (bicyclic) bond motifs is 2. The van der Waals surface area contributed by atoms with Crippen molar-refractivity contribution in [1.29, 1.82) is 0 Å². The first-order valence-electron chi connectivity index (χ1n) is 8.38. The van der Waals surface area contributed by atoms with Gasteiger partial charge in [0, 0.05) is 0 Å². The Kier molecular flexibility index (Phi) is 3.94. The van der Waals surface area contributed by atoms with E-state index in [4.69, 9.17) is 0 Å². The fourth-order valence-electron chi connectivity index (χ4n) is 3.39. The van der Waals surface area contributed by atoms with Gasteiger partial charge in [0.25, 0.3) is 5.91 Å². The monoisotopic (exact) mass is 330 g/mol. The molecule has 0 atom stereocenters. The van der Waals surface area contributed by atoms with Crippen LogP contribution in [0.15, 0.2) is 59.7 Å². The number of nitrogens with one attached hydrogen (secondary N) is 1. The second-order valence-corrected chi connectivity index (χ2v) is 6.26. The Labute approximate surface area is 145 Å². The molecule has 3 aromatic carbocycles. The summed E-state index contributed by atoms with van der Waals surface area (Å²) in [5.74, 6) is -0.476. The topological polar surface area (TPSA) is 61.7 Å². The van der Waals surface area contributed by atoms with Crippen LogP contribution in [0.4, 0.5) is 0 Å². The third-order valence-corrected chi connectivity index (χ3v) is 4.64. The highest BCUT2D eigenvalue weighted by Crippen LogP contribution is 2.27. The highest BCUT2D eigenvalue weighted by atomic mass is 16.3. The molecule has 0 heterocycles. The number of rotatable bonds is 3.